The standard InChI is InChI=1S/C20H25N5O.FH.H2/c1-13-5-8-25(11-13)18-10-17(23-12-24-18)19(22)15-9-14(3-4-16(15)21)26-20(2)6-7-20;;/h3-4,9-10,12-13,22H,5-8,11,21H2,1-2H3;2*1H. The molecule has 27 heavy (non-hydrogen) atoms. The highest BCUT2D eigenvalue weighted by atomic mass is 19.0. The number of benzene rings is 1. The number of hydrogen-bond donors (Lipinski definition) is 2. The van der Waals surface area contributed by atoms with Crippen molar-refractivity contribution in [2.75, 3.05) is 23.7 Å². The third-order valence-electron chi connectivity index (χ3n) is 5.27. The number of halogens is 1. The molecule has 1 atom stereocenters. The third-order valence-corrected chi connectivity index (χ3v) is 5.27. The summed E-state index contributed by atoms with van der Waals surface area (Å²) in [4.78, 5) is 10.9. The van der Waals surface area contributed by atoms with E-state index < -0.39 is 0 Å². The lowest BCUT2D eigenvalue weighted by molar-refractivity contribution is 0.200. The lowest BCUT2D eigenvalue weighted by Gasteiger charge is -2.18. The van der Waals surface area contributed by atoms with Crippen molar-refractivity contribution in [3.63, 3.8) is 0 Å². The van der Waals surface area contributed by atoms with Crippen molar-refractivity contribution < 1.29 is 10.9 Å². The fourth-order valence-electron chi connectivity index (χ4n) is 3.32. The molecule has 3 N–H and O–H groups in total. The van der Waals surface area contributed by atoms with E-state index >= 15 is 0 Å². The fourth-order valence-corrected chi connectivity index (χ4v) is 3.32. The van der Waals surface area contributed by atoms with Gasteiger partial charge in [0.2, 0.25) is 0 Å². The number of aromatic nitrogens is 2. The minimum atomic E-state index is -0.0654. The molecule has 0 amide bonds. The molecule has 1 saturated heterocycles. The fraction of sp³-hybridized carbons (Fsp3) is 0.450. The Kier molecular flexibility index (Phi) is 5.04. The Morgan fingerprint density at radius 3 is 2.78 bits per heavy atom. The predicted molar refractivity (Wildman–Crippen MR) is 108 cm³/mol. The molecule has 1 aromatic heterocycles. The summed E-state index contributed by atoms with van der Waals surface area (Å²) in [5, 5.41) is 8.62. The highest BCUT2D eigenvalue weighted by Gasteiger charge is 2.40. The summed E-state index contributed by atoms with van der Waals surface area (Å²) in [6.45, 7) is 6.33. The summed E-state index contributed by atoms with van der Waals surface area (Å²) < 4.78 is 6.02. The molecule has 1 aliphatic heterocycles. The number of ether oxygens (including phenoxy) is 1. The van der Waals surface area contributed by atoms with E-state index in [-0.39, 0.29) is 11.7 Å². The van der Waals surface area contributed by atoms with Crippen LogP contribution in [0.5, 0.6) is 5.75 Å². The van der Waals surface area contributed by atoms with Gasteiger partial charge < -0.3 is 15.4 Å². The highest BCUT2D eigenvalue weighted by Crippen LogP contribution is 2.40. The van der Waals surface area contributed by atoms with Crippen molar-refractivity contribution in [2.24, 2.45) is 5.92 Å². The summed E-state index contributed by atoms with van der Waals surface area (Å²) in [6.07, 6.45) is 4.83. The van der Waals surface area contributed by atoms with Gasteiger partial charge in [-0.1, -0.05) is 6.92 Å². The van der Waals surface area contributed by atoms with E-state index in [1.807, 2.05) is 18.2 Å². The number of rotatable bonds is 5. The maximum atomic E-state index is 8.62. The molecule has 0 radical (unpaired) electrons. The molecule has 2 heterocycles. The first kappa shape index (κ1) is 19.1. The molecule has 2 aliphatic rings. The zero-order chi connectivity index (χ0) is 18.3. The summed E-state index contributed by atoms with van der Waals surface area (Å²) >= 11 is 0. The largest absolute Gasteiger partial charge is 0.488 e. The van der Waals surface area contributed by atoms with Gasteiger partial charge in [0.25, 0.3) is 0 Å². The Labute approximate surface area is 160 Å². The molecule has 4 rings (SSSR count). The van der Waals surface area contributed by atoms with Gasteiger partial charge >= 0.3 is 0 Å². The van der Waals surface area contributed by atoms with E-state index in [0.29, 0.717) is 28.6 Å². The van der Waals surface area contributed by atoms with Gasteiger partial charge in [-0.05, 0) is 50.3 Å². The third kappa shape index (κ3) is 4.02. The molecule has 0 bridgehead atoms. The van der Waals surface area contributed by atoms with Crippen LogP contribution in [0.1, 0.15) is 45.8 Å². The number of nitrogens with one attached hydrogen (secondary N) is 1. The quantitative estimate of drug-likeness (QED) is 0.617. The van der Waals surface area contributed by atoms with Crippen LogP contribution in [-0.2, 0) is 0 Å². The topological polar surface area (TPSA) is 88.1 Å². The van der Waals surface area contributed by atoms with Gasteiger partial charge in [0.15, 0.2) is 0 Å². The van der Waals surface area contributed by atoms with Gasteiger partial charge in [0.1, 0.15) is 23.5 Å². The van der Waals surface area contributed by atoms with Gasteiger partial charge in [-0.3, -0.25) is 10.1 Å². The van der Waals surface area contributed by atoms with Crippen molar-refractivity contribution in [2.45, 2.75) is 38.7 Å². The zero-order valence-corrected chi connectivity index (χ0v) is 15.7. The number of anilines is 2. The molecule has 7 heteroatoms. The highest BCUT2D eigenvalue weighted by molar-refractivity contribution is 6.13. The summed E-state index contributed by atoms with van der Waals surface area (Å²) in [6, 6.07) is 7.40. The minimum Gasteiger partial charge on any atom is -0.488 e. The average molecular weight is 373 g/mol. The Balaban J connectivity index is 0.00000140. The number of hydrogen-bond acceptors (Lipinski definition) is 6. The number of nitrogens with zero attached hydrogens (tertiary/aromatic N) is 3. The maximum Gasteiger partial charge on any atom is 0.132 e. The van der Waals surface area contributed by atoms with E-state index in [1.165, 1.54) is 12.7 Å². The number of nitrogens with two attached hydrogens (primary N) is 1. The van der Waals surface area contributed by atoms with E-state index in [0.717, 1.165) is 37.5 Å². The Morgan fingerprint density at radius 1 is 1.33 bits per heavy atom. The molecule has 0 spiro atoms. The summed E-state index contributed by atoms with van der Waals surface area (Å²) in [5.41, 5.74) is 8.14. The Hall–Kier alpha value is -2.70. The van der Waals surface area contributed by atoms with Crippen molar-refractivity contribution in [1.29, 1.82) is 5.41 Å². The Morgan fingerprint density at radius 2 is 2.11 bits per heavy atom. The second kappa shape index (κ2) is 7.13. The second-order valence-corrected chi connectivity index (χ2v) is 7.78. The zero-order valence-electron chi connectivity index (χ0n) is 15.7. The van der Waals surface area contributed by atoms with E-state index in [1.54, 1.807) is 6.07 Å². The molecule has 2 fully saturated rings. The molecule has 1 saturated carbocycles. The molecule has 1 aliphatic carbocycles. The first-order valence-corrected chi connectivity index (χ1v) is 9.18. The lowest BCUT2D eigenvalue weighted by atomic mass is 10.0. The van der Waals surface area contributed by atoms with Crippen molar-refractivity contribution in [1.82, 2.24) is 9.97 Å². The Bertz CT molecular complexity index is 858. The monoisotopic (exact) mass is 373 g/mol. The van der Waals surface area contributed by atoms with Crippen LogP contribution in [0, 0.1) is 11.3 Å². The normalized spacial score (nSPS) is 20.1. The molecular formula is C20H28FN5O. The average Bonchev–Trinajstić information content (AvgIpc) is 3.19. The van der Waals surface area contributed by atoms with E-state index in [4.69, 9.17) is 15.9 Å². The first-order valence-electron chi connectivity index (χ1n) is 9.18. The van der Waals surface area contributed by atoms with Crippen molar-refractivity contribution in [3.8, 4) is 5.75 Å². The molecule has 146 valence electrons. The van der Waals surface area contributed by atoms with Gasteiger partial charge in [-0.2, -0.15) is 0 Å². The summed E-state index contributed by atoms with van der Waals surface area (Å²) in [5.74, 6) is 2.29. The van der Waals surface area contributed by atoms with Crippen LogP contribution in [0.25, 0.3) is 0 Å². The van der Waals surface area contributed by atoms with E-state index in [2.05, 4.69) is 28.7 Å². The maximum absolute atomic E-state index is 8.62. The van der Waals surface area contributed by atoms with Gasteiger partial charge in [-0.15, -0.1) is 0 Å². The SMILES string of the molecule is CC1CCN(c2cc(C(=N)c3cc(OC4(C)CC4)ccc3N)ncn2)C1.F.[HH]. The molecule has 2 aromatic rings. The van der Waals surface area contributed by atoms with Crippen molar-refractivity contribution in [3.05, 3.63) is 41.9 Å². The smallest absolute Gasteiger partial charge is 0.132 e. The van der Waals surface area contributed by atoms with Crippen LogP contribution in [0.15, 0.2) is 30.6 Å². The summed E-state index contributed by atoms with van der Waals surface area (Å²) in [7, 11) is 0. The van der Waals surface area contributed by atoms with Crippen LogP contribution in [0.3, 0.4) is 0 Å². The molecular weight excluding hydrogens is 345 g/mol. The number of nitrogen functional groups attached to an aromatic ring is 1. The molecule has 1 aromatic carbocycles. The van der Waals surface area contributed by atoms with Crippen LogP contribution in [0.4, 0.5) is 16.2 Å². The first-order chi connectivity index (χ1) is 12.4. The van der Waals surface area contributed by atoms with Crippen LogP contribution in [0.2, 0.25) is 0 Å². The lowest BCUT2D eigenvalue weighted by Crippen LogP contribution is -2.21. The van der Waals surface area contributed by atoms with Gasteiger partial charge in [0.05, 0.1) is 11.4 Å². The van der Waals surface area contributed by atoms with E-state index in [9.17, 15) is 0 Å². The van der Waals surface area contributed by atoms with Crippen LogP contribution < -0.4 is 15.4 Å². The minimum absolute atomic E-state index is 0. The molecule has 6 nitrogen and oxygen atoms in total. The van der Waals surface area contributed by atoms with Crippen LogP contribution in [-0.4, -0.2) is 34.4 Å². The predicted octanol–water partition coefficient (Wildman–Crippen LogP) is 3.65. The van der Waals surface area contributed by atoms with Gasteiger partial charge in [-0.25, -0.2) is 9.97 Å². The van der Waals surface area contributed by atoms with Gasteiger partial charge in [0, 0.05) is 31.8 Å². The van der Waals surface area contributed by atoms with Crippen LogP contribution >= 0.6 is 0 Å². The molecule has 1 unspecified atom stereocenters. The second-order valence-electron chi connectivity index (χ2n) is 7.78. The van der Waals surface area contributed by atoms with Crippen molar-refractivity contribution >= 4 is 17.2 Å².